The molecule has 3 rings (SSSR count). The summed E-state index contributed by atoms with van der Waals surface area (Å²) >= 11 is 1.92. The van der Waals surface area contributed by atoms with Crippen molar-refractivity contribution in [3.8, 4) is 0 Å². The van der Waals surface area contributed by atoms with Crippen LogP contribution >= 0.6 is 11.8 Å². The molecule has 110 valence electrons. The van der Waals surface area contributed by atoms with Gasteiger partial charge in [-0.15, -0.1) is 11.8 Å². The molecule has 0 bridgehead atoms. The van der Waals surface area contributed by atoms with E-state index in [1.165, 1.54) is 17.6 Å². The van der Waals surface area contributed by atoms with Gasteiger partial charge < -0.3 is 4.74 Å². The van der Waals surface area contributed by atoms with Crippen LogP contribution in [0.2, 0.25) is 0 Å². The Balaban J connectivity index is 1.90. The zero-order valence-corrected chi connectivity index (χ0v) is 13.3. The van der Waals surface area contributed by atoms with E-state index in [0.717, 1.165) is 24.8 Å². The van der Waals surface area contributed by atoms with Gasteiger partial charge in [0.15, 0.2) is 0 Å². The van der Waals surface area contributed by atoms with Crippen LogP contribution in [0.5, 0.6) is 0 Å². The maximum absolute atomic E-state index is 12.0. The number of esters is 1. The van der Waals surface area contributed by atoms with E-state index >= 15 is 0 Å². The molecule has 21 heavy (non-hydrogen) atoms. The Morgan fingerprint density at radius 1 is 1.29 bits per heavy atom. The highest BCUT2D eigenvalue weighted by atomic mass is 32.2. The van der Waals surface area contributed by atoms with E-state index in [1.54, 1.807) is 0 Å². The van der Waals surface area contributed by atoms with Gasteiger partial charge in [0.05, 0.1) is 12.7 Å². The van der Waals surface area contributed by atoms with E-state index in [-0.39, 0.29) is 11.4 Å². The lowest BCUT2D eigenvalue weighted by atomic mass is 9.72. The van der Waals surface area contributed by atoms with E-state index in [0.29, 0.717) is 5.25 Å². The summed E-state index contributed by atoms with van der Waals surface area (Å²) in [6.07, 6.45) is 7.36. The lowest BCUT2D eigenvalue weighted by molar-refractivity contribution is -0.136. The molecule has 0 spiro atoms. The number of fused-ring (bicyclic) bond motifs is 1. The number of rotatable bonds is 3. The van der Waals surface area contributed by atoms with Crippen LogP contribution in [0.1, 0.15) is 26.2 Å². The fourth-order valence-electron chi connectivity index (χ4n) is 3.38. The van der Waals surface area contributed by atoms with Gasteiger partial charge in [-0.05, 0) is 37.0 Å². The van der Waals surface area contributed by atoms with Crippen LogP contribution in [0, 0.1) is 5.41 Å². The SMILES string of the molecule is COC(=O)C1=CCC(Sc2ccccc2)[C@]2(C)CCC=C12. The number of carbonyl (C=O) groups excluding carboxylic acids is 1. The highest BCUT2D eigenvalue weighted by Crippen LogP contribution is 2.54. The van der Waals surface area contributed by atoms with Gasteiger partial charge in [-0.2, -0.15) is 0 Å². The summed E-state index contributed by atoms with van der Waals surface area (Å²) in [6.45, 7) is 2.29. The summed E-state index contributed by atoms with van der Waals surface area (Å²) in [4.78, 5) is 13.3. The summed E-state index contributed by atoms with van der Waals surface area (Å²) in [7, 11) is 1.46. The number of allylic oxidation sites excluding steroid dienone is 2. The van der Waals surface area contributed by atoms with Crippen molar-refractivity contribution in [1.82, 2.24) is 0 Å². The molecule has 1 unspecified atom stereocenters. The number of hydrogen-bond donors (Lipinski definition) is 0. The van der Waals surface area contributed by atoms with Crippen LogP contribution in [0.15, 0.2) is 58.5 Å². The van der Waals surface area contributed by atoms with Gasteiger partial charge in [0.25, 0.3) is 0 Å². The molecular formula is C18H20O2S. The Labute approximate surface area is 130 Å². The Morgan fingerprint density at radius 2 is 2.05 bits per heavy atom. The molecule has 0 saturated heterocycles. The van der Waals surface area contributed by atoms with Crippen molar-refractivity contribution in [2.75, 3.05) is 7.11 Å². The Morgan fingerprint density at radius 3 is 2.76 bits per heavy atom. The zero-order chi connectivity index (χ0) is 14.9. The molecule has 0 aromatic heterocycles. The molecule has 1 aromatic carbocycles. The molecule has 0 aliphatic heterocycles. The smallest absolute Gasteiger partial charge is 0.337 e. The van der Waals surface area contributed by atoms with Crippen molar-refractivity contribution < 1.29 is 9.53 Å². The molecule has 0 heterocycles. The molecule has 2 aliphatic carbocycles. The maximum atomic E-state index is 12.0. The molecule has 2 atom stereocenters. The first-order valence-corrected chi connectivity index (χ1v) is 8.24. The lowest BCUT2D eigenvalue weighted by Crippen LogP contribution is -2.34. The number of benzene rings is 1. The van der Waals surface area contributed by atoms with Crippen LogP contribution in [0.3, 0.4) is 0 Å². The van der Waals surface area contributed by atoms with Crippen molar-refractivity contribution in [2.45, 2.75) is 36.3 Å². The number of ether oxygens (including phenoxy) is 1. The van der Waals surface area contributed by atoms with Crippen LogP contribution in [0.4, 0.5) is 0 Å². The number of methoxy groups -OCH3 is 1. The fraction of sp³-hybridized carbons (Fsp3) is 0.389. The third kappa shape index (κ3) is 2.55. The molecule has 3 heteroatoms. The molecule has 1 aromatic rings. The van der Waals surface area contributed by atoms with Crippen LogP contribution in [-0.4, -0.2) is 18.3 Å². The quantitative estimate of drug-likeness (QED) is 0.775. The van der Waals surface area contributed by atoms with Gasteiger partial charge in [-0.1, -0.05) is 37.3 Å². The molecule has 0 fully saturated rings. The Hall–Kier alpha value is -1.48. The highest BCUT2D eigenvalue weighted by molar-refractivity contribution is 8.00. The van der Waals surface area contributed by atoms with E-state index in [4.69, 9.17) is 4.74 Å². The molecule has 0 N–H and O–H groups in total. The lowest BCUT2D eigenvalue weighted by Gasteiger charge is -2.39. The van der Waals surface area contributed by atoms with Crippen LogP contribution in [0.25, 0.3) is 0 Å². The topological polar surface area (TPSA) is 26.3 Å². The van der Waals surface area contributed by atoms with Crippen molar-refractivity contribution in [2.24, 2.45) is 5.41 Å². The minimum atomic E-state index is -0.197. The Kier molecular flexibility index (Phi) is 3.94. The second-order valence-corrected chi connectivity index (χ2v) is 7.11. The average molecular weight is 300 g/mol. The van der Waals surface area contributed by atoms with E-state index in [9.17, 15) is 4.79 Å². The molecule has 0 radical (unpaired) electrons. The van der Waals surface area contributed by atoms with E-state index in [2.05, 4.69) is 43.3 Å². The van der Waals surface area contributed by atoms with Crippen molar-refractivity contribution >= 4 is 17.7 Å². The normalized spacial score (nSPS) is 27.6. The Bertz CT molecular complexity index is 603. The fourth-order valence-corrected chi connectivity index (χ4v) is 4.72. The van der Waals surface area contributed by atoms with Gasteiger partial charge in [0.1, 0.15) is 0 Å². The van der Waals surface area contributed by atoms with Gasteiger partial charge in [-0.3, -0.25) is 0 Å². The standard InChI is InChI=1S/C18H20O2S/c1-18-12-6-9-15(18)14(17(19)20-2)10-11-16(18)21-13-7-4-3-5-8-13/h3-5,7-10,16H,6,11-12H2,1-2H3/t16?,18-/m1/s1. The summed E-state index contributed by atoms with van der Waals surface area (Å²) in [5, 5.41) is 0.474. The largest absolute Gasteiger partial charge is 0.465 e. The summed E-state index contributed by atoms with van der Waals surface area (Å²) in [6, 6.07) is 10.5. The molecule has 2 nitrogen and oxygen atoms in total. The van der Waals surface area contributed by atoms with Gasteiger partial charge in [0.2, 0.25) is 0 Å². The predicted molar refractivity (Wildman–Crippen MR) is 86.2 cm³/mol. The molecule has 0 amide bonds. The zero-order valence-electron chi connectivity index (χ0n) is 12.5. The first-order chi connectivity index (χ1) is 10.1. The van der Waals surface area contributed by atoms with Gasteiger partial charge in [0, 0.05) is 15.6 Å². The number of carbonyl (C=O) groups is 1. The minimum absolute atomic E-state index is 0.0682. The van der Waals surface area contributed by atoms with Crippen molar-refractivity contribution in [3.05, 3.63) is 53.6 Å². The summed E-state index contributed by atoms with van der Waals surface area (Å²) < 4.78 is 4.94. The van der Waals surface area contributed by atoms with Crippen molar-refractivity contribution in [3.63, 3.8) is 0 Å². The van der Waals surface area contributed by atoms with Crippen LogP contribution < -0.4 is 0 Å². The van der Waals surface area contributed by atoms with Gasteiger partial charge >= 0.3 is 5.97 Å². The first-order valence-electron chi connectivity index (χ1n) is 7.36. The summed E-state index contributed by atoms with van der Waals surface area (Å²) in [5.41, 5.74) is 2.04. The second-order valence-electron chi connectivity index (χ2n) is 5.84. The van der Waals surface area contributed by atoms with Crippen molar-refractivity contribution in [1.29, 1.82) is 0 Å². The van der Waals surface area contributed by atoms with Crippen LogP contribution in [-0.2, 0) is 9.53 Å². The first kappa shape index (κ1) is 14.5. The minimum Gasteiger partial charge on any atom is -0.465 e. The maximum Gasteiger partial charge on any atom is 0.337 e. The molecule has 2 aliphatic rings. The average Bonchev–Trinajstić information content (AvgIpc) is 2.91. The monoisotopic (exact) mass is 300 g/mol. The van der Waals surface area contributed by atoms with E-state index in [1.807, 2.05) is 17.8 Å². The van der Waals surface area contributed by atoms with Gasteiger partial charge in [-0.25, -0.2) is 4.79 Å². The third-order valence-electron chi connectivity index (χ3n) is 4.59. The number of thioether (sulfide) groups is 1. The second kappa shape index (κ2) is 5.72. The molecular weight excluding hydrogens is 280 g/mol. The highest BCUT2D eigenvalue weighted by Gasteiger charge is 2.45. The third-order valence-corrected chi connectivity index (χ3v) is 6.13. The number of hydrogen-bond acceptors (Lipinski definition) is 3. The van der Waals surface area contributed by atoms with E-state index < -0.39 is 0 Å². The predicted octanol–water partition coefficient (Wildman–Crippen LogP) is 4.38. The summed E-state index contributed by atoms with van der Waals surface area (Å²) in [5.74, 6) is -0.197. The molecule has 0 saturated carbocycles.